The summed E-state index contributed by atoms with van der Waals surface area (Å²) < 4.78 is 19.6. The Morgan fingerprint density at radius 1 is 1.20 bits per heavy atom. The van der Waals surface area contributed by atoms with E-state index in [1.165, 1.54) is 11.1 Å². The number of ether oxygens (including phenoxy) is 1. The minimum absolute atomic E-state index is 0.129. The van der Waals surface area contributed by atoms with Crippen molar-refractivity contribution in [1.29, 1.82) is 0 Å². The summed E-state index contributed by atoms with van der Waals surface area (Å²) in [6.45, 7) is 5.33. The Morgan fingerprint density at radius 2 is 2.00 bits per heavy atom. The van der Waals surface area contributed by atoms with E-state index in [9.17, 15) is 4.39 Å². The molecule has 0 bridgehead atoms. The zero-order valence-corrected chi connectivity index (χ0v) is 15.0. The van der Waals surface area contributed by atoms with E-state index in [1.54, 1.807) is 12.1 Å². The van der Waals surface area contributed by atoms with Crippen LogP contribution >= 0.6 is 0 Å². The molecule has 132 valence electrons. The molecule has 2 aromatic carbocycles. The molecule has 1 N–H and O–H groups in total. The Bertz CT molecular complexity index is 742. The summed E-state index contributed by atoms with van der Waals surface area (Å²) in [6.07, 6.45) is 3.48. The van der Waals surface area contributed by atoms with Crippen LogP contribution < -0.4 is 5.32 Å². The van der Waals surface area contributed by atoms with Gasteiger partial charge in [-0.2, -0.15) is 0 Å². The van der Waals surface area contributed by atoms with Crippen molar-refractivity contribution in [1.82, 2.24) is 0 Å². The van der Waals surface area contributed by atoms with Crippen LogP contribution in [0, 0.1) is 11.7 Å². The Labute approximate surface area is 149 Å². The molecule has 2 aliphatic rings. The summed E-state index contributed by atoms with van der Waals surface area (Å²) in [5, 5.41) is 3.71. The van der Waals surface area contributed by atoms with Gasteiger partial charge in [-0.05, 0) is 54.5 Å². The van der Waals surface area contributed by atoms with Gasteiger partial charge in [-0.15, -0.1) is 0 Å². The molecule has 2 aliphatic heterocycles. The second-order valence-electron chi connectivity index (χ2n) is 7.43. The SMILES string of the molecule is CCC(C)c1ccc2c(c1)C1OCCCC1C(c1ccc(F)cc1)N2. The van der Waals surface area contributed by atoms with Crippen LogP contribution in [0.15, 0.2) is 42.5 Å². The summed E-state index contributed by atoms with van der Waals surface area (Å²) in [7, 11) is 0. The van der Waals surface area contributed by atoms with Crippen LogP contribution in [-0.4, -0.2) is 6.61 Å². The van der Waals surface area contributed by atoms with Gasteiger partial charge in [-0.3, -0.25) is 0 Å². The molecule has 4 atom stereocenters. The third kappa shape index (κ3) is 3.06. The monoisotopic (exact) mass is 339 g/mol. The summed E-state index contributed by atoms with van der Waals surface area (Å²) in [4.78, 5) is 0. The maximum Gasteiger partial charge on any atom is 0.123 e. The minimum Gasteiger partial charge on any atom is -0.378 e. The Hall–Kier alpha value is -1.87. The van der Waals surface area contributed by atoms with Crippen LogP contribution in [0.3, 0.4) is 0 Å². The zero-order chi connectivity index (χ0) is 17.4. The molecule has 2 heterocycles. The average Bonchev–Trinajstić information content (AvgIpc) is 2.67. The fourth-order valence-electron chi connectivity index (χ4n) is 4.23. The highest BCUT2D eigenvalue weighted by Gasteiger charge is 2.39. The Morgan fingerprint density at radius 3 is 2.76 bits per heavy atom. The van der Waals surface area contributed by atoms with E-state index in [-0.39, 0.29) is 18.0 Å². The van der Waals surface area contributed by atoms with E-state index in [0.717, 1.165) is 37.1 Å². The lowest BCUT2D eigenvalue weighted by Crippen LogP contribution is -2.36. The van der Waals surface area contributed by atoms with Crippen LogP contribution in [0.2, 0.25) is 0 Å². The molecular formula is C22H26FNO. The first-order valence-electron chi connectivity index (χ1n) is 9.45. The molecule has 4 unspecified atom stereocenters. The lowest BCUT2D eigenvalue weighted by Gasteiger charge is -2.43. The number of hydrogen-bond acceptors (Lipinski definition) is 2. The molecule has 0 aromatic heterocycles. The van der Waals surface area contributed by atoms with Crippen LogP contribution in [0.5, 0.6) is 0 Å². The van der Waals surface area contributed by atoms with Crippen molar-refractivity contribution in [2.75, 3.05) is 11.9 Å². The molecule has 0 amide bonds. The largest absolute Gasteiger partial charge is 0.378 e. The van der Waals surface area contributed by atoms with E-state index >= 15 is 0 Å². The van der Waals surface area contributed by atoms with Crippen molar-refractivity contribution < 1.29 is 9.13 Å². The van der Waals surface area contributed by atoms with Crippen molar-refractivity contribution in [3.8, 4) is 0 Å². The highest BCUT2D eigenvalue weighted by Crippen LogP contribution is 2.49. The molecule has 1 fully saturated rings. The molecule has 4 rings (SSSR count). The maximum atomic E-state index is 13.3. The second kappa shape index (κ2) is 6.80. The third-order valence-corrected chi connectivity index (χ3v) is 5.90. The fourth-order valence-corrected chi connectivity index (χ4v) is 4.23. The summed E-state index contributed by atoms with van der Waals surface area (Å²) in [5.41, 5.74) is 4.97. The van der Waals surface area contributed by atoms with Crippen molar-refractivity contribution in [2.45, 2.75) is 51.2 Å². The van der Waals surface area contributed by atoms with Crippen LogP contribution in [0.4, 0.5) is 10.1 Å². The number of fused-ring (bicyclic) bond motifs is 3. The molecule has 0 spiro atoms. The topological polar surface area (TPSA) is 21.3 Å². The predicted molar refractivity (Wildman–Crippen MR) is 99.3 cm³/mol. The van der Waals surface area contributed by atoms with Crippen LogP contribution in [0.25, 0.3) is 0 Å². The van der Waals surface area contributed by atoms with E-state index in [1.807, 2.05) is 12.1 Å². The molecule has 25 heavy (non-hydrogen) atoms. The Balaban J connectivity index is 1.73. The Kier molecular flexibility index (Phi) is 4.51. The number of benzene rings is 2. The molecule has 0 radical (unpaired) electrons. The van der Waals surface area contributed by atoms with Crippen LogP contribution in [0.1, 0.15) is 67.9 Å². The van der Waals surface area contributed by atoms with Gasteiger partial charge in [0.05, 0.1) is 12.1 Å². The maximum absolute atomic E-state index is 13.3. The van der Waals surface area contributed by atoms with Gasteiger partial charge in [0.25, 0.3) is 0 Å². The van der Waals surface area contributed by atoms with Gasteiger partial charge in [0.15, 0.2) is 0 Å². The van der Waals surface area contributed by atoms with Crippen molar-refractivity contribution in [3.05, 3.63) is 65.0 Å². The van der Waals surface area contributed by atoms with Crippen LogP contribution in [-0.2, 0) is 4.74 Å². The number of anilines is 1. The molecule has 1 saturated heterocycles. The van der Waals surface area contributed by atoms with E-state index in [4.69, 9.17) is 4.74 Å². The smallest absolute Gasteiger partial charge is 0.123 e. The number of halogens is 1. The lowest BCUT2D eigenvalue weighted by molar-refractivity contribution is -0.0381. The van der Waals surface area contributed by atoms with Gasteiger partial charge >= 0.3 is 0 Å². The van der Waals surface area contributed by atoms with Gasteiger partial charge < -0.3 is 10.1 Å². The van der Waals surface area contributed by atoms with E-state index in [0.29, 0.717) is 11.8 Å². The molecular weight excluding hydrogens is 313 g/mol. The van der Waals surface area contributed by atoms with Crippen molar-refractivity contribution >= 4 is 5.69 Å². The summed E-state index contributed by atoms with van der Waals surface area (Å²) in [5.74, 6) is 0.760. The first-order valence-corrected chi connectivity index (χ1v) is 9.45. The van der Waals surface area contributed by atoms with Gasteiger partial charge in [0.2, 0.25) is 0 Å². The molecule has 2 nitrogen and oxygen atoms in total. The van der Waals surface area contributed by atoms with Gasteiger partial charge in [0.1, 0.15) is 5.82 Å². The van der Waals surface area contributed by atoms with Gasteiger partial charge in [0, 0.05) is 23.8 Å². The highest BCUT2D eigenvalue weighted by atomic mass is 19.1. The van der Waals surface area contributed by atoms with E-state index in [2.05, 4.69) is 37.4 Å². The minimum atomic E-state index is -0.186. The summed E-state index contributed by atoms with van der Waals surface area (Å²) >= 11 is 0. The number of nitrogens with one attached hydrogen (secondary N) is 1. The average molecular weight is 339 g/mol. The van der Waals surface area contributed by atoms with E-state index < -0.39 is 0 Å². The first kappa shape index (κ1) is 16.6. The standard InChI is InChI=1S/C22H26FNO/c1-3-14(2)16-8-11-20-19(13-16)22-18(5-4-12-25-22)21(24-20)15-6-9-17(23)10-7-15/h6-11,13-14,18,21-22,24H,3-5,12H2,1-2H3. The first-order chi connectivity index (χ1) is 12.2. The highest BCUT2D eigenvalue weighted by molar-refractivity contribution is 5.58. The van der Waals surface area contributed by atoms with Gasteiger partial charge in [-0.1, -0.05) is 38.1 Å². The zero-order valence-electron chi connectivity index (χ0n) is 15.0. The summed E-state index contributed by atoms with van der Waals surface area (Å²) in [6, 6.07) is 13.8. The molecule has 0 aliphatic carbocycles. The molecule has 3 heteroatoms. The number of rotatable bonds is 3. The third-order valence-electron chi connectivity index (χ3n) is 5.90. The quantitative estimate of drug-likeness (QED) is 0.743. The fraction of sp³-hybridized carbons (Fsp3) is 0.455. The molecule has 2 aromatic rings. The second-order valence-corrected chi connectivity index (χ2v) is 7.43. The predicted octanol–water partition coefficient (Wildman–Crippen LogP) is 5.97. The van der Waals surface area contributed by atoms with Gasteiger partial charge in [-0.25, -0.2) is 4.39 Å². The normalized spacial score (nSPS) is 26.3. The number of hydrogen-bond donors (Lipinski definition) is 1. The van der Waals surface area contributed by atoms with Crippen molar-refractivity contribution in [3.63, 3.8) is 0 Å². The lowest BCUT2D eigenvalue weighted by atomic mass is 9.77. The van der Waals surface area contributed by atoms with Crippen molar-refractivity contribution in [2.24, 2.45) is 5.92 Å². The molecule has 0 saturated carbocycles.